The highest BCUT2D eigenvalue weighted by Gasteiger charge is 1.99. The minimum Gasteiger partial charge on any atom is -0.497 e. The van der Waals surface area contributed by atoms with E-state index in [1.807, 2.05) is 12.1 Å². The summed E-state index contributed by atoms with van der Waals surface area (Å²) in [4.78, 5) is 4.55. The van der Waals surface area contributed by atoms with Crippen molar-refractivity contribution in [2.24, 2.45) is 10.9 Å². The van der Waals surface area contributed by atoms with Crippen molar-refractivity contribution < 1.29 is 4.74 Å². The van der Waals surface area contributed by atoms with E-state index in [2.05, 4.69) is 48.5 Å². The number of nitrogens with zero attached hydrogens (tertiary/aromatic N) is 1. The van der Waals surface area contributed by atoms with Gasteiger partial charge in [0.15, 0.2) is 5.96 Å². The minimum atomic E-state index is 0.576. The van der Waals surface area contributed by atoms with Gasteiger partial charge >= 0.3 is 0 Å². The Hall–Kier alpha value is -1.71. The summed E-state index contributed by atoms with van der Waals surface area (Å²) >= 11 is 0. The molecule has 0 bridgehead atoms. The molecule has 0 aliphatic heterocycles. The lowest BCUT2D eigenvalue weighted by Crippen LogP contribution is -2.38. The highest BCUT2D eigenvalue weighted by atomic mass is 16.5. The first-order valence-corrected chi connectivity index (χ1v) is 7.30. The Kier molecular flexibility index (Phi) is 7.55. The molecule has 0 radical (unpaired) electrons. The molecule has 0 saturated carbocycles. The van der Waals surface area contributed by atoms with Gasteiger partial charge in [-0.2, -0.15) is 0 Å². The highest BCUT2D eigenvalue weighted by Crippen LogP contribution is 2.11. The van der Waals surface area contributed by atoms with E-state index in [1.165, 1.54) is 5.56 Å². The summed E-state index contributed by atoms with van der Waals surface area (Å²) in [5.74, 6) is 2.37. The summed E-state index contributed by atoms with van der Waals surface area (Å²) in [6.45, 7) is 9.02. The van der Waals surface area contributed by atoms with Crippen LogP contribution < -0.4 is 15.4 Å². The Labute approximate surface area is 122 Å². The van der Waals surface area contributed by atoms with Crippen molar-refractivity contribution in [3.05, 3.63) is 29.8 Å². The summed E-state index contributed by atoms with van der Waals surface area (Å²) in [6, 6.07) is 8.18. The fraction of sp³-hybridized carbons (Fsp3) is 0.562. The van der Waals surface area contributed by atoms with Crippen molar-refractivity contribution in [3.8, 4) is 5.75 Å². The lowest BCUT2D eigenvalue weighted by Gasteiger charge is -2.12. The molecule has 1 aromatic rings. The van der Waals surface area contributed by atoms with Crippen LogP contribution in [-0.4, -0.2) is 32.7 Å². The van der Waals surface area contributed by atoms with Gasteiger partial charge in [0.25, 0.3) is 0 Å². The lowest BCUT2D eigenvalue weighted by atomic mass is 10.1. The Bertz CT molecular complexity index is 399. The minimum absolute atomic E-state index is 0.576. The van der Waals surface area contributed by atoms with Crippen molar-refractivity contribution in [1.82, 2.24) is 10.6 Å². The number of aliphatic imine (C=N–C) groups is 1. The molecular formula is C16H27N3O. The zero-order chi connectivity index (χ0) is 14.8. The van der Waals surface area contributed by atoms with Gasteiger partial charge in [0.05, 0.1) is 7.11 Å². The Morgan fingerprint density at radius 1 is 1.20 bits per heavy atom. The molecule has 4 heteroatoms. The molecule has 0 fully saturated rings. The van der Waals surface area contributed by atoms with Crippen LogP contribution in [0.15, 0.2) is 29.3 Å². The molecule has 0 atom stereocenters. The molecule has 112 valence electrons. The standard InChI is InChI=1S/C16H27N3O/c1-5-17-16(19-12-13(2)3)18-11-10-14-6-8-15(20-4)9-7-14/h6-9,13H,5,10-12H2,1-4H3,(H2,17,18,19). The summed E-state index contributed by atoms with van der Waals surface area (Å²) in [5, 5.41) is 6.62. The van der Waals surface area contributed by atoms with Crippen molar-refractivity contribution >= 4 is 5.96 Å². The highest BCUT2D eigenvalue weighted by molar-refractivity contribution is 5.79. The van der Waals surface area contributed by atoms with Crippen LogP contribution in [0.1, 0.15) is 26.3 Å². The van der Waals surface area contributed by atoms with E-state index in [0.29, 0.717) is 5.92 Å². The van der Waals surface area contributed by atoms with E-state index in [9.17, 15) is 0 Å². The van der Waals surface area contributed by atoms with Gasteiger partial charge in [-0.25, -0.2) is 0 Å². The Morgan fingerprint density at radius 2 is 1.90 bits per heavy atom. The van der Waals surface area contributed by atoms with E-state index < -0.39 is 0 Å². The van der Waals surface area contributed by atoms with Crippen LogP contribution in [0.5, 0.6) is 5.75 Å². The van der Waals surface area contributed by atoms with Crippen LogP contribution in [0.3, 0.4) is 0 Å². The van der Waals surface area contributed by atoms with Gasteiger partial charge in [0.1, 0.15) is 5.75 Å². The number of nitrogens with one attached hydrogen (secondary N) is 2. The monoisotopic (exact) mass is 277 g/mol. The maximum Gasteiger partial charge on any atom is 0.191 e. The number of methoxy groups -OCH3 is 1. The molecule has 1 aromatic carbocycles. The normalized spacial score (nSPS) is 11.6. The summed E-state index contributed by atoms with van der Waals surface area (Å²) < 4.78 is 5.15. The average Bonchev–Trinajstić information content (AvgIpc) is 2.45. The zero-order valence-corrected chi connectivity index (χ0v) is 13.1. The van der Waals surface area contributed by atoms with Crippen LogP contribution in [0.4, 0.5) is 0 Å². The molecule has 0 spiro atoms. The van der Waals surface area contributed by atoms with E-state index in [-0.39, 0.29) is 0 Å². The number of guanidine groups is 1. The molecule has 0 aliphatic carbocycles. The van der Waals surface area contributed by atoms with Crippen molar-refractivity contribution in [2.75, 3.05) is 26.7 Å². The molecule has 1 rings (SSSR count). The smallest absolute Gasteiger partial charge is 0.191 e. The fourth-order valence-corrected chi connectivity index (χ4v) is 1.73. The lowest BCUT2D eigenvalue weighted by molar-refractivity contribution is 0.414. The van der Waals surface area contributed by atoms with Crippen LogP contribution in [-0.2, 0) is 6.42 Å². The Balaban J connectivity index is 2.40. The SMILES string of the molecule is CCNC(=NCC(C)C)NCCc1ccc(OC)cc1. The number of rotatable bonds is 7. The van der Waals surface area contributed by atoms with E-state index in [1.54, 1.807) is 7.11 Å². The second-order valence-electron chi connectivity index (χ2n) is 5.14. The van der Waals surface area contributed by atoms with Gasteiger partial charge in [0, 0.05) is 19.6 Å². The van der Waals surface area contributed by atoms with E-state index in [0.717, 1.165) is 37.8 Å². The first-order chi connectivity index (χ1) is 9.65. The largest absolute Gasteiger partial charge is 0.497 e. The van der Waals surface area contributed by atoms with Crippen LogP contribution >= 0.6 is 0 Å². The van der Waals surface area contributed by atoms with E-state index >= 15 is 0 Å². The fourth-order valence-electron chi connectivity index (χ4n) is 1.73. The predicted octanol–water partition coefficient (Wildman–Crippen LogP) is 2.45. The molecule has 20 heavy (non-hydrogen) atoms. The first-order valence-electron chi connectivity index (χ1n) is 7.30. The molecule has 0 heterocycles. The summed E-state index contributed by atoms with van der Waals surface area (Å²) in [6.07, 6.45) is 0.968. The van der Waals surface area contributed by atoms with Gasteiger partial charge in [0.2, 0.25) is 0 Å². The van der Waals surface area contributed by atoms with Gasteiger partial charge < -0.3 is 15.4 Å². The van der Waals surface area contributed by atoms with Gasteiger partial charge in [-0.05, 0) is 37.0 Å². The van der Waals surface area contributed by atoms with Gasteiger partial charge in [-0.3, -0.25) is 4.99 Å². The van der Waals surface area contributed by atoms with Crippen molar-refractivity contribution in [3.63, 3.8) is 0 Å². The molecule has 4 nitrogen and oxygen atoms in total. The molecule has 0 aliphatic rings. The molecule has 0 amide bonds. The Morgan fingerprint density at radius 3 is 2.45 bits per heavy atom. The molecule has 0 unspecified atom stereocenters. The molecular weight excluding hydrogens is 250 g/mol. The molecule has 2 N–H and O–H groups in total. The maximum absolute atomic E-state index is 5.15. The van der Waals surface area contributed by atoms with Crippen LogP contribution in [0, 0.1) is 5.92 Å². The third-order valence-electron chi connectivity index (χ3n) is 2.82. The second-order valence-corrected chi connectivity index (χ2v) is 5.14. The zero-order valence-electron chi connectivity index (χ0n) is 13.1. The number of benzene rings is 1. The van der Waals surface area contributed by atoms with Crippen LogP contribution in [0.2, 0.25) is 0 Å². The predicted molar refractivity (Wildman–Crippen MR) is 85.5 cm³/mol. The number of hydrogen-bond acceptors (Lipinski definition) is 2. The van der Waals surface area contributed by atoms with E-state index in [4.69, 9.17) is 4.74 Å². The maximum atomic E-state index is 5.15. The topological polar surface area (TPSA) is 45.7 Å². The molecule has 0 aromatic heterocycles. The number of ether oxygens (including phenoxy) is 1. The second kappa shape index (κ2) is 9.23. The third-order valence-corrected chi connectivity index (χ3v) is 2.82. The molecule has 0 saturated heterocycles. The summed E-state index contributed by atoms with van der Waals surface area (Å²) in [7, 11) is 1.68. The van der Waals surface area contributed by atoms with Gasteiger partial charge in [-0.15, -0.1) is 0 Å². The van der Waals surface area contributed by atoms with Gasteiger partial charge in [-0.1, -0.05) is 26.0 Å². The summed E-state index contributed by atoms with van der Waals surface area (Å²) in [5.41, 5.74) is 1.29. The van der Waals surface area contributed by atoms with Crippen molar-refractivity contribution in [2.45, 2.75) is 27.2 Å². The third kappa shape index (κ3) is 6.45. The quantitative estimate of drug-likeness (QED) is 0.594. The number of hydrogen-bond donors (Lipinski definition) is 2. The van der Waals surface area contributed by atoms with Crippen LogP contribution in [0.25, 0.3) is 0 Å². The van der Waals surface area contributed by atoms with Crippen molar-refractivity contribution in [1.29, 1.82) is 0 Å². The average molecular weight is 277 g/mol. The first kappa shape index (κ1) is 16.3.